The van der Waals surface area contributed by atoms with Gasteiger partial charge in [-0.3, -0.25) is 9.98 Å². The molecule has 226 valence electrons. The minimum atomic E-state index is -0.420. The van der Waals surface area contributed by atoms with Crippen molar-refractivity contribution in [2.24, 2.45) is 9.98 Å². The van der Waals surface area contributed by atoms with Gasteiger partial charge in [0.15, 0.2) is 0 Å². The van der Waals surface area contributed by atoms with Gasteiger partial charge >= 0.3 is 16.5 Å². The van der Waals surface area contributed by atoms with Gasteiger partial charge < -0.3 is 20.0 Å². The fourth-order valence-electron chi connectivity index (χ4n) is 5.15. The maximum absolute atomic E-state index is 13.0. The molecule has 0 radical (unpaired) electrons. The topological polar surface area (TPSA) is 77.3 Å². The molecule has 4 rings (SSSR count). The monoisotopic (exact) mass is 618 g/mol. The van der Waals surface area contributed by atoms with Gasteiger partial charge in [0.2, 0.25) is 0 Å². The van der Waals surface area contributed by atoms with Crippen LogP contribution in [0.25, 0.3) is 0 Å². The zero-order valence-corrected chi connectivity index (χ0v) is 26.3. The van der Waals surface area contributed by atoms with E-state index in [1.54, 1.807) is 24.6 Å². The van der Waals surface area contributed by atoms with E-state index in [0.29, 0.717) is 11.1 Å². The van der Waals surface area contributed by atoms with Crippen molar-refractivity contribution in [1.29, 1.82) is 0 Å². The Hall–Kier alpha value is -4.09. The quantitative estimate of drug-likeness (QED) is 0.126. The molecule has 0 unspecified atom stereocenters. The first-order valence-electron chi connectivity index (χ1n) is 14.8. The minimum absolute atomic E-state index is 0. The van der Waals surface area contributed by atoms with Crippen molar-refractivity contribution in [2.75, 3.05) is 36.0 Å². The maximum Gasteiger partial charge on any atom is 2.00 e. The summed E-state index contributed by atoms with van der Waals surface area (Å²) in [5, 5.41) is 26.1. The van der Waals surface area contributed by atoms with Crippen LogP contribution in [-0.4, -0.2) is 38.6 Å². The van der Waals surface area contributed by atoms with E-state index in [2.05, 4.69) is 37.5 Å². The summed E-state index contributed by atoms with van der Waals surface area (Å²) in [7, 11) is 0. The standard InChI is InChI=1S/C36H42N4O2.Ni/c1-5-39(6-2)31-21-19-29(33(41)23-31)25-37-35(27-15-11-9-12-16-27)36(28-17-13-10-14-18-28)38-26-30-20-22-32(24-34(30)42)40(7-3)8-4;/h9-26,35-36,41-42H,5-8H2,1-4H3;/q;+2/p-2/t35-,36-;/m1./s1. The van der Waals surface area contributed by atoms with Crippen LogP contribution in [0.15, 0.2) is 107 Å². The predicted molar refractivity (Wildman–Crippen MR) is 172 cm³/mol. The molecule has 0 aliphatic carbocycles. The zero-order chi connectivity index (χ0) is 29.9. The zero-order valence-electron chi connectivity index (χ0n) is 25.3. The second-order valence-electron chi connectivity index (χ2n) is 10.1. The van der Waals surface area contributed by atoms with Crippen LogP contribution in [0, 0.1) is 0 Å². The number of benzene rings is 4. The van der Waals surface area contributed by atoms with Crippen molar-refractivity contribution in [3.8, 4) is 11.5 Å². The molecule has 0 aliphatic heterocycles. The molecule has 0 amide bonds. The van der Waals surface area contributed by atoms with Gasteiger partial charge in [-0.25, -0.2) is 0 Å². The van der Waals surface area contributed by atoms with E-state index >= 15 is 0 Å². The number of rotatable bonds is 13. The predicted octanol–water partition coefficient (Wildman–Crippen LogP) is 6.54. The summed E-state index contributed by atoms with van der Waals surface area (Å²) in [6.45, 7) is 11.6. The third-order valence-corrected chi connectivity index (χ3v) is 7.58. The van der Waals surface area contributed by atoms with Crippen LogP contribution in [0.4, 0.5) is 11.4 Å². The van der Waals surface area contributed by atoms with Crippen LogP contribution in [-0.2, 0) is 16.5 Å². The fraction of sp³-hybridized carbons (Fsp3) is 0.278. The van der Waals surface area contributed by atoms with E-state index in [4.69, 9.17) is 9.98 Å². The first-order chi connectivity index (χ1) is 20.5. The van der Waals surface area contributed by atoms with Crippen molar-refractivity contribution < 1.29 is 26.7 Å². The van der Waals surface area contributed by atoms with Crippen molar-refractivity contribution in [3.63, 3.8) is 0 Å². The minimum Gasteiger partial charge on any atom is -0.872 e. The molecule has 0 bridgehead atoms. The van der Waals surface area contributed by atoms with Gasteiger partial charge in [0.1, 0.15) is 12.1 Å². The van der Waals surface area contributed by atoms with Crippen molar-refractivity contribution in [2.45, 2.75) is 39.8 Å². The van der Waals surface area contributed by atoms with Gasteiger partial charge in [0.05, 0.1) is 0 Å². The molecule has 0 aromatic heterocycles. The average molecular weight is 619 g/mol. The van der Waals surface area contributed by atoms with Crippen molar-refractivity contribution in [3.05, 3.63) is 119 Å². The molecule has 0 fully saturated rings. The van der Waals surface area contributed by atoms with E-state index in [1.165, 1.54) is 0 Å². The fourth-order valence-corrected chi connectivity index (χ4v) is 5.15. The van der Waals surface area contributed by atoms with Gasteiger partial charge in [-0.1, -0.05) is 84.3 Å². The second-order valence-corrected chi connectivity index (χ2v) is 10.1. The number of hydrogen-bond acceptors (Lipinski definition) is 6. The van der Waals surface area contributed by atoms with E-state index in [0.717, 1.165) is 48.7 Å². The molecular weight excluding hydrogens is 579 g/mol. The van der Waals surface area contributed by atoms with Gasteiger partial charge in [-0.2, -0.15) is 0 Å². The summed E-state index contributed by atoms with van der Waals surface area (Å²) in [6.07, 6.45) is 3.32. The van der Waals surface area contributed by atoms with Crippen LogP contribution in [0.3, 0.4) is 0 Å². The van der Waals surface area contributed by atoms with Gasteiger partial charge in [-0.05, 0) is 74.2 Å². The summed E-state index contributed by atoms with van der Waals surface area (Å²) in [6, 6.07) is 30.0. The first-order valence-corrected chi connectivity index (χ1v) is 14.8. The molecule has 4 aromatic rings. The molecule has 43 heavy (non-hydrogen) atoms. The van der Waals surface area contributed by atoms with E-state index in [9.17, 15) is 10.2 Å². The first kappa shape index (κ1) is 33.4. The summed E-state index contributed by atoms with van der Waals surface area (Å²) in [4.78, 5) is 14.2. The van der Waals surface area contributed by atoms with Crippen molar-refractivity contribution >= 4 is 23.8 Å². The number of anilines is 2. The third kappa shape index (κ3) is 8.49. The second kappa shape index (κ2) is 16.5. The van der Waals surface area contributed by atoms with Gasteiger partial charge in [0, 0.05) is 50.0 Å². The molecule has 0 saturated carbocycles. The summed E-state index contributed by atoms with van der Waals surface area (Å²) in [5.41, 5.74) is 4.80. The average Bonchev–Trinajstić information content (AvgIpc) is 3.02. The molecule has 0 aliphatic rings. The van der Waals surface area contributed by atoms with Gasteiger partial charge in [-0.15, -0.1) is 0 Å². The number of hydrogen-bond donors (Lipinski definition) is 0. The number of nitrogens with zero attached hydrogens (tertiary/aromatic N) is 4. The Bertz CT molecular complexity index is 1360. The molecule has 7 heteroatoms. The molecule has 0 N–H and O–H groups in total. The Kier molecular flexibility index (Phi) is 12.8. The van der Waals surface area contributed by atoms with Gasteiger partial charge in [0.25, 0.3) is 0 Å². The van der Waals surface area contributed by atoms with Crippen LogP contribution in [0.1, 0.15) is 62.0 Å². The summed E-state index contributed by atoms with van der Waals surface area (Å²) >= 11 is 0. The Morgan fingerprint density at radius 2 is 0.907 bits per heavy atom. The number of aliphatic imine (C=N–C) groups is 2. The Morgan fingerprint density at radius 3 is 1.21 bits per heavy atom. The summed E-state index contributed by atoms with van der Waals surface area (Å²) in [5.74, 6) is -0.141. The van der Waals surface area contributed by atoms with E-state index < -0.39 is 12.1 Å². The van der Waals surface area contributed by atoms with E-state index in [-0.39, 0.29) is 28.0 Å². The SMILES string of the molecule is CCN(CC)c1ccc(C=N[C@H](c2ccccc2)[C@H](N=Cc2ccc(N(CC)CC)cc2[O-])c2ccccc2)c([O-])c1.[Ni+2]. The molecule has 0 spiro atoms. The Labute approximate surface area is 266 Å². The van der Waals surface area contributed by atoms with Crippen LogP contribution >= 0.6 is 0 Å². The maximum atomic E-state index is 13.0. The largest absolute Gasteiger partial charge is 2.00 e. The molecule has 4 aromatic carbocycles. The Balaban J connectivity index is 0.00000506. The molecule has 2 atom stereocenters. The molecular formula is C36H40N4NiO2. The van der Waals surface area contributed by atoms with Crippen LogP contribution in [0.2, 0.25) is 0 Å². The van der Waals surface area contributed by atoms with Crippen molar-refractivity contribution in [1.82, 2.24) is 0 Å². The molecule has 0 heterocycles. The van der Waals surface area contributed by atoms with E-state index in [1.807, 2.05) is 84.9 Å². The summed E-state index contributed by atoms with van der Waals surface area (Å²) < 4.78 is 0. The van der Waals surface area contributed by atoms with Crippen LogP contribution in [0.5, 0.6) is 11.5 Å². The Morgan fingerprint density at radius 1 is 0.558 bits per heavy atom. The smallest absolute Gasteiger partial charge is 0.872 e. The normalized spacial score (nSPS) is 12.7. The molecule has 0 saturated heterocycles. The third-order valence-electron chi connectivity index (χ3n) is 7.58. The van der Waals surface area contributed by atoms with Crippen LogP contribution < -0.4 is 20.0 Å². The molecule has 6 nitrogen and oxygen atoms in total.